The first-order valence-corrected chi connectivity index (χ1v) is 6.91. The van der Waals surface area contributed by atoms with Gasteiger partial charge in [0.05, 0.1) is 6.04 Å². The molecule has 1 unspecified atom stereocenters. The number of amides is 1. The topological polar surface area (TPSA) is 55.1 Å². The molecular formula is C16H26N2O. The zero-order valence-electron chi connectivity index (χ0n) is 12.5. The number of rotatable bonds is 5. The Bertz CT molecular complexity index is 421. The van der Waals surface area contributed by atoms with E-state index in [9.17, 15) is 4.79 Å². The van der Waals surface area contributed by atoms with Crippen LogP contribution in [0.5, 0.6) is 0 Å². The van der Waals surface area contributed by atoms with Crippen LogP contribution in [-0.2, 0) is 4.79 Å². The lowest BCUT2D eigenvalue weighted by molar-refractivity contribution is -0.122. The summed E-state index contributed by atoms with van der Waals surface area (Å²) in [5, 5.41) is 3.15. The van der Waals surface area contributed by atoms with Gasteiger partial charge in [-0.25, -0.2) is 0 Å². The van der Waals surface area contributed by atoms with Crippen molar-refractivity contribution in [1.82, 2.24) is 5.32 Å². The highest BCUT2D eigenvalue weighted by molar-refractivity contribution is 5.76. The molecular weight excluding hydrogens is 236 g/mol. The summed E-state index contributed by atoms with van der Waals surface area (Å²) < 4.78 is 0. The molecule has 3 N–H and O–H groups in total. The molecule has 0 radical (unpaired) electrons. The maximum absolute atomic E-state index is 12.0. The van der Waals surface area contributed by atoms with Crippen molar-refractivity contribution in [2.75, 3.05) is 6.54 Å². The Labute approximate surface area is 116 Å². The fourth-order valence-corrected chi connectivity index (χ4v) is 2.17. The first-order chi connectivity index (χ1) is 8.86. The molecule has 0 heterocycles. The summed E-state index contributed by atoms with van der Waals surface area (Å²) >= 11 is 0. The number of carbonyl (C=O) groups is 1. The lowest BCUT2D eigenvalue weighted by Crippen LogP contribution is -2.37. The van der Waals surface area contributed by atoms with E-state index >= 15 is 0 Å². The van der Waals surface area contributed by atoms with Gasteiger partial charge in [-0.3, -0.25) is 4.79 Å². The molecule has 1 rings (SSSR count). The Morgan fingerprint density at radius 3 is 2.47 bits per heavy atom. The Kier molecular flexibility index (Phi) is 5.55. The molecule has 0 bridgehead atoms. The monoisotopic (exact) mass is 262 g/mol. The van der Waals surface area contributed by atoms with Gasteiger partial charge in [-0.05, 0) is 36.4 Å². The SMILES string of the molecule is Cc1ccccc1C(NC(=O)CCCN)C(C)(C)C. The van der Waals surface area contributed by atoms with Crippen LogP contribution in [0.2, 0.25) is 0 Å². The minimum absolute atomic E-state index is 0.0233. The first kappa shape index (κ1) is 15.7. The van der Waals surface area contributed by atoms with Crippen molar-refractivity contribution >= 4 is 5.91 Å². The van der Waals surface area contributed by atoms with E-state index in [0.717, 1.165) is 6.42 Å². The average Bonchev–Trinajstić information content (AvgIpc) is 2.33. The van der Waals surface area contributed by atoms with Gasteiger partial charge in [0.1, 0.15) is 0 Å². The molecule has 0 aliphatic heterocycles. The van der Waals surface area contributed by atoms with Crippen molar-refractivity contribution in [3.8, 4) is 0 Å². The molecule has 1 amide bonds. The summed E-state index contributed by atoms with van der Waals surface area (Å²) in [5.74, 6) is 0.0774. The lowest BCUT2D eigenvalue weighted by atomic mass is 9.80. The van der Waals surface area contributed by atoms with Crippen LogP contribution >= 0.6 is 0 Å². The van der Waals surface area contributed by atoms with Gasteiger partial charge in [-0.15, -0.1) is 0 Å². The van der Waals surface area contributed by atoms with Crippen LogP contribution < -0.4 is 11.1 Å². The Hall–Kier alpha value is -1.35. The summed E-state index contributed by atoms with van der Waals surface area (Å²) in [7, 11) is 0. The second kappa shape index (κ2) is 6.71. The molecule has 0 aliphatic rings. The van der Waals surface area contributed by atoms with Gasteiger partial charge in [-0.2, -0.15) is 0 Å². The summed E-state index contributed by atoms with van der Waals surface area (Å²) in [5.41, 5.74) is 7.83. The Morgan fingerprint density at radius 1 is 1.32 bits per heavy atom. The van der Waals surface area contributed by atoms with Crippen LogP contribution in [0.15, 0.2) is 24.3 Å². The van der Waals surface area contributed by atoms with E-state index in [1.165, 1.54) is 11.1 Å². The van der Waals surface area contributed by atoms with Gasteiger partial charge in [0.25, 0.3) is 0 Å². The van der Waals surface area contributed by atoms with E-state index in [4.69, 9.17) is 5.73 Å². The minimum atomic E-state index is -0.0233. The van der Waals surface area contributed by atoms with Crippen LogP contribution in [0.4, 0.5) is 0 Å². The maximum Gasteiger partial charge on any atom is 0.220 e. The zero-order chi connectivity index (χ0) is 14.5. The number of aryl methyl sites for hydroxylation is 1. The van der Waals surface area contributed by atoms with Crippen molar-refractivity contribution in [2.45, 2.75) is 46.6 Å². The molecule has 0 aliphatic carbocycles. The molecule has 0 aromatic heterocycles. The fourth-order valence-electron chi connectivity index (χ4n) is 2.17. The minimum Gasteiger partial charge on any atom is -0.349 e. The van der Waals surface area contributed by atoms with Gasteiger partial charge in [0.15, 0.2) is 0 Å². The van der Waals surface area contributed by atoms with Crippen molar-refractivity contribution in [1.29, 1.82) is 0 Å². The van der Waals surface area contributed by atoms with Gasteiger partial charge in [-0.1, -0.05) is 45.0 Å². The number of hydrogen-bond acceptors (Lipinski definition) is 2. The third kappa shape index (κ3) is 4.67. The molecule has 3 heteroatoms. The molecule has 19 heavy (non-hydrogen) atoms. The van der Waals surface area contributed by atoms with Crippen LogP contribution in [0.25, 0.3) is 0 Å². The van der Waals surface area contributed by atoms with Gasteiger partial charge < -0.3 is 11.1 Å². The largest absolute Gasteiger partial charge is 0.349 e. The van der Waals surface area contributed by atoms with Crippen molar-refractivity contribution in [3.05, 3.63) is 35.4 Å². The smallest absolute Gasteiger partial charge is 0.220 e. The standard InChI is InChI=1S/C16H26N2O/c1-12-8-5-6-9-13(12)15(16(2,3)4)18-14(19)10-7-11-17/h5-6,8-9,15H,7,10-11,17H2,1-4H3,(H,18,19). The summed E-state index contributed by atoms with van der Waals surface area (Å²) in [6.45, 7) is 9.08. The van der Waals surface area contributed by atoms with E-state index in [1.807, 2.05) is 12.1 Å². The highest BCUT2D eigenvalue weighted by atomic mass is 16.1. The van der Waals surface area contributed by atoms with Crippen molar-refractivity contribution in [3.63, 3.8) is 0 Å². The van der Waals surface area contributed by atoms with Gasteiger partial charge >= 0.3 is 0 Å². The van der Waals surface area contributed by atoms with Crippen LogP contribution in [0.3, 0.4) is 0 Å². The molecule has 0 fully saturated rings. The lowest BCUT2D eigenvalue weighted by Gasteiger charge is -2.33. The molecule has 1 atom stereocenters. The average molecular weight is 262 g/mol. The number of hydrogen-bond donors (Lipinski definition) is 2. The van der Waals surface area contributed by atoms with Gasteiger partial charge in [0, 0.05) is 6.42 Å². The zero-order valence-corrected chi connectivity index (χ0v) is 12.5. The normalized spacial score (nSPS) is 13.1. The Morgan fingerprint density at radius 2 is 1.95 bits per heavy atom. The number of carbonyl (C=O) groups excluding carboxylic acids is 1. The van der Waals surface area contributed by atoms with Crippen molar-refractivity contribution < 1.29 is 4.79 Å². The van der Waals surface area contributed by atoms with Crippen LogP contribution in [0, 0.1) is 12.3 Å². The van der Waals surface area contributed by atoms with Gasteiger partial charge in [0.2, 0.25) is 5.91 Å². The molecule has 3 nitrogen and oxygen atoms in total. The molecule has 0 saturated carbocycles. The highest BCUT2D eigenvalue weighted by Crippen LogP contribution is 2.34. The molecule has 0 spiro atoms. The third-order valence-electron chi connectivity index (χ3n) is 3.28. The molecule has 1 aromatic rings. The quantitative estimate of drug-likeness (QED) is 0.857. The van der Waals surface area contributed by atoms with E-state index in [2.05, 4.69) is 45.1 Å². The predicted molar refractivity (Wildman–Crippen MR) is 79.8 cm³/mol. The number of nitrogens with one attached hydrogen (secondary N) is 1. The van der Waals surface area contributed by atoms with E-state index in [1.54, 1.807) is 0 Å². The molecule has 1 aromatic carbocycles. The Balaban J connectivity index is 2.91. The highest BCUT2D eigenvalue weighted by Gasteiger charge is 2.28. The van der Waals surface area contributed by atoms with E-state index < -0.39 is 0 Å². The molecule has 0 saturated heterocycles. The second-order valence-electron chi connectivity index (χ2n) is 6.12. The summed E-state index contributed by atoms with van der Waals surface area (Å²) in [6, 6.07) is 8.25. The third-order valence-corrected chi connectivity index (χ3v) is 3.28. The van der Waals surface area contributed by atoms with Crippen LogP contribution in [0.1, 0.15) is 50.8 Å². The molecule has 106 valence electrons. The first-order valence-electron chi connectivity index (χ1n) is 6.91. The van der Waals surface area contributed by atoms with Crippen LogP contribution in [-0.4, -0.2) is 12.5 Å². The fraction of sp³-hybridized carbons (Fsp3) is 0.562. The predicted octanol–water partition coefficient (Wildman–Crippen LogP) is 2.94. The summed E-state index contributed by atoms with van der Waals surface area (Å²) in [4.78, 5) is 12.0. The number of nitrogens with two attached hydrogens (primary N) is 1. The maximum atomic E-state index is 12.0. The summed E-state index contributed by atoms with van der Waals surface area (Å²) in [6.07, 6.45) is 1.23. The van der Waals surface area contributed by atoms with E-state index in [-0.39, 0.29) is 17.4 Å². The second-order valence-corrected chi connectivity index (χ2v) is 6.12. The van der Waals surface area contributed by atoms with Crippen molar-refractivity contribution in [2.24, 2.45) is 11.1 Å². The van der Waals surface area contributed by atoms with E-state index in [0.29, 0.717) is 13.0 Å². The number of benzene rings is 1.